The number of para-hydroxylation sites is 2. The lowest BCUT2D eigenvalue weighted by molar-refractivity contribution is -0.138. The maximum absolute atomic E-state index is 11.3. The van der Waals surface area contributed by atoms with Crippen LogP contribution in [0, 0.1) is 11.8 Å². The molecule has 2 saturated carbocycles. The van der Waals surface area contributed by atoms with E-state index in [1.54, 1.807) is 0 Å². The van der Waals surface area contributed by atoms with Gasteiger partial charge in [0.25, 0.3) is 0 Å². The van der Waals surface area contributed by atoms with E-state index in [2.05, 4.69) is 38.6 Å². The Balaban J connectivity index is 1.17. The summed E-state index contributed by atoms with van der Waals surface area (Å²) in [6.07, 6.45) is 17.9. The fourth-order valence-electron chi connectivity index (χ4n) is 9.42. The molecule has 0 amide bonds. The second-order valence-corrected chi connectivity index (χ2v) is 13.1. The van der Waals surface area contributed by atoms with Crippen molar-refractivity contribution in [2.75, 3.05) is 19.6 Å². The first-order valence-electron chi connectivity index (χ1n) is 15.3. The fraction of sp³-hybridized carbons (Fsp3) is 0.742. The van der Waals surface area contributed by atoms with Gasteiger partial charge in [0.05, 0.1) is 17.6 Å². The van der Waals surface area contributed by atoms with Crippen LogP contribution in [0.1, 0.15) is 101 Å². The zero-order valence-electron chi connectivity index (χ0n) is 22.3. The number of carboxylic acids is 1. The van der Waals surface area contributed by atoms with Gasteiger partial charge in [-0.1, -0.05) is 44.2 Å². The highest BCUT2D eigenvalue weighted by Gasteiger charge is 2.45. The van der Waals surface area contributed by atoms with Gasteiger partial charge in [0.1, 0.15) is 5.82 Å². The van der Waals surface area contributed by atoms with Crippen LogP contribution in [0.4, 0.5) is 0 Å². The van der Waals surface area contributed by atoms with Gasteiger partial charge in [0.15, 0.2) is 0 Å². The second-order valence-electron chi connectivity index (χ2n) is 13.1. The average molecular weight is 505 g/mol. The third-order valence-corrected chi connectivity index (χ3v) is 10.8. The standard InChI is InChI=1S/C31H44N4O2/c36-30(37)20-33-13-12-23(19-33)31-32-28-10-3-4-11-29(28)35(31)27-17-24-8-5-9-25(18-27)34(24)26-15-21-6-1-2-7-22(14-21)16-26/h3-4,10-11,21-27H,1-2,5-9,12-20H2,(H,36,37). The van der Waals surface area contributed by atoms with E-state index in [0.29, 0.717) is 24.0 Å². The Hall–Kier alpha value is -1.92. The summed E-state index contributed by atoms with van der Waals surface area (Å²) in [4.78, 5) is 21.7. The van der Waals surface area contributed by atoms with Crippen LogP contribution in [0.3, 0.4) is 0 Å². The number of fused-ring (bicyclic) bond motifs is 5. The number of rotatable bonds is 5. The largest absolute Gasteiger partial charge is 0.480 e. The zero-order chi connectivity index (χ0) is 24.9. The molecule has 6 heteroatoms. The predicted molar refractivity (Wildman–Crippen MR) is 146 cm³/mol. The molecule has 5 aliphatic rings. The van der Waals surface area contributed by atoms with Crippen molar-refractivity contribution >= 4 is 17.0 Å². The lowest BCUT2D eigenvalue weighted by Gasteiger charge is -2.54. The minimum absolute atomic E-state index is 0.142. The maximum atomic E-state index is 11.3. The zero-order valence-corrected chi connectivity index (χ0v) is 22.3. The highest BCUT2D eigenvalue weighted by Crippen LogP contribution is 2.48. The minimum Gasteiger partial charge on any atom is -0.480 e. The Bertz CT molecular complexity index is 1100. The second kappa shape index (κ2) is 10.00. The molecule has 5 atom stereocenters. The molecular weight excluding hydrogens is 460 g/mol. The van der Waals surface area contributed by atoms with Gasteiger partial charge in [-0.3, -0.25) is 14.6 Å². The van der Waals surface area contributed by atoms with E-state index in [-0.39, 0.29) is 6.54 Å². The molecule has 6 nitrogen and oxygen atoms in total. The van der Waals surface area contributed by atoms with Gasteiger partial charge in [0.2, 0.25) is 0 Å². The van der Waals surface area contributed by atoms with Crippen molar-refractivity contribution in [2.24, 2.45) is 11.8 Å². The summed E-state index contributed by atoms with van der Waals surface area (Å²) in [5.74, 6) is 2.77. The SMILES string of the molecule is O=C(O)CN1CCC(c2nc3ccccc3n2C2CC3CCCC(C2)N3C2CC3CCCCC(C3)C2)C1. The third-order valence-electron chi connectivity index (χ3n) is 10.8. The highest BCUT2D eigenvalue weighted by atomic mass is 16.4. The number of carboxylic acid groups (broad SMARTS) is 1. The van der Waals surface area contributed by atoms with E-state index in [1.165, 1.54) is 88.4 Å². The molecule has 4 heterocycles. The maximum Gasteiger partial charge on any atom is 0.317 e. The average Bonchev–Trinajstić information content (AvgIpc) is 3.45. The van der Waals surface area contributed by atoms with E-state index in [9.17, 15) is 9.90 Å². The Morgan fingerprint density at radius 3 is 2.30 bits per heavy atom. The molecule has 5 fully saturated rings. The van der Waals surface area contributed by atoms with Crippen LogP contribution < -0.4 is 0 Å². The number of benzene rings is 1. The topological polar surface area (TPSA) is 61.6 Å². The highest BCUT2D eigenvalue weighted by molar-refractivity contribution is 5.76. The summed E-state index contributed by atoms with van der Waals surface area (Å²) in [5, 5.41) is 9.33. The molecular formula is C31H44N4O2. The Kier molecular flexibility index (Phi) is 6.52. The van der Waals surface area contributed by atoms with E-state index in [1.807, 2.05) is 0 Å². The molecule has 0 spiro atoms. The van der Waals surface area contributed by atoms with Gasteiger partial charge < -0.3 is 9.67 Å². The van der Waals surface area contributed by atoms with Crippen molar-refractivity contribution in [1.82, 2.24) is 19.4 Å². The van der Waals surface area contributed by atoms with Crippen LogP contribution >= 0.6 is 0 Å². The van der Waals surface area contributed by atoms with Crippen LogP contribution in [-0.2, 0) is 4.79 Å². The summed E-state index contributed by atoms with van der Waals surface area (Å²) < 4.78 is 2.63. The molecule has 5 unspecified atom stereocenters. The molecule has 3 saturated heterocycles. The van der Waals surface area contributed by atoms with Gasteiger partial charge >= 0.3 is 5.97 Å². The summed E-state index contributed by atoms with van der Waals surface area (Å²) in [6.45, 7) is 1.81. The fourth-order valence-corrected chi connectivity index (χ4v) is 9.42. The Labute approximate surface area is 221 Å². The molecule has 2 aromatic rings. The third kappa shape index (κ3) is 4.63. The van der Waals surface area contributed by atoms with Gasteiger partial charge in [-0.05, 0) is 81.9 Å². The van der Waals surface area contributed by atoms with E-state index < -0.39 is 5.97 Å². The van der Waals surface area contributed by atoms with Gasteiger partial charge in [-0.2, -0.15) is 0 Å². The number of aliphatic carboxylic acids is 1. The first-order valence-corrected chi connectivity index (χ1v) is 15.3. The van der Waals surface area contributed by atoms with Crippen molar-refractivity contribution in [3.63, 3.8) is 0 Å². The van der Waals surface area contributed by atoms with Crippen LogP contribution in [0.5, 0.6) is 0 Å². The number of hydrogen-bond donors (Lipinski definition) is 1. The molecule has 3 aliphatic heterocycles. The molecule has 37 heavy (non-hydrogen) atoms. The van der Waals surface area contributed by atoms with Gasteiger partial charge in [-0.25, -0.2) is 4.98 Å². The molecule has 200 valence electrons. The summed E-state index contributed by atoms with van der Waals surface area (Å²) >= 11 is 0. The van der Waals surface area contributed by atoms with Crippen LogP contribution in [0.15, 0.2) is 24.3 Å². The first-order chi connectivity index (χ1) is 18.1. The van der Waals surface area contributed by atoms with Crippen molar-refractivity contribution in [1.29, 1.82) is 0 Å². The van der Waals surface area contributed by atoms with Crippen LogP contribution in [0.25, 0.3) is 11.0 Å². The van der Waals surface area contributed by atoms with Crippen LogP contribution in [-0.4, -0.2) is 68.2 Å². The Morgan fingerprint density at radius 2 is 1.57 bits per heavy atom. The number of piperidine rings is 2. The van der Waals surface area contributed by atoms with Crippen molar-refractivity contribution in [3.8, 4) is 0 Å². The lowest BCUT2D eigenvalue weighted by atomic mass is 9.73. The number of nitrogens with zero attached hydrogens (tertiary/aromatic N) is 4. The monoisotopic (exact) mass is 504 g/mol. The quantitative estimate of drug-likeness (QED) is 0.555. The first kappa shape index (κ1) is 24.1. The summed E-state index contributed by atoms with van der Waals surface area (Å²) in [5.41, 5.74) is 2.40. The van der Waals surface area contributed by atoms with Crippen molar-refractivity contribution in [3.05, 3.63) is 30.1 Å². The van der Waals surface area contributed by atoms with Gasteiger partial charge in [0, 0.05) is 36.6 Å². The number of imidazole rings is 1. The van der Waals surface area contributed by atoms with E-state index >= 15 is 0 Å². The molecule has 1 aromatic heterocycles. The number of carbonyl (C=O) groups is 1. The molecule has 2 aliphatic carbocycles. The van der Waals surface area contributed by atoms with Gasteiger partial charge in [-0.15, -0.1) is 0 Å². The summed E-state index contributed by atoms with van der Waals surface area (Å²) in [7, 11) is 0. The smallest absolute Gasteiger partial charge is 0.317 e. The molecule has 1 aromatic carbocycles. The summed E-state index contributed by atoms with van der Waals surface area (Å²) in [6, 6.07) is 11.4. The van der Waals surface area contributed by atoms with E-state index in [0.717, 1.165) is 42.9 Å². The molecule has 0 radical (unpaired) electrons. The predicted octanol–water partition coefficient (Wildman–Crippen LogP) is 5.83. The van der Waals surface area contributed by atoms with E-state index in [4.69, 9.17) is 4.98 Å². The number of hydrogen-bond acceptors (Lipinski definition) is 4. The molecule has 1 N–H and O–H groups in total. The molecule has 7 rings (SSSR count). The van der Waals surface area contributed by atoms with Crippen molar-refractivity contribution in [2.45, 2.75) is 114 Å². The number of likely N-dealkylation sites (tertiary alicyclic amines) is 1. The number of aromatic nitrogens is 2. The van der Waals surface area contributed by atoms with Crippen molar-refractivity contribution < 1.29 is 9.90 Å². The van der Waals surface area contributed by atoms with Crippen LogP contribution in [0.2, 0.25) is 0 Å². The normalized spacial score (nSPS) is 37.0. The molecule has 4 bridgehead atoms. The Morgan fingerprint density at radius 1 is 0.838 bits per heavy atom. The lowest BCUT2D eigenvalue weighted by Crippen LogP contribution is -2.58. The minimum atomic E-state index is -0.725.